The number of nitro benzene ring substituents is 1. The summed E-state index contributed by atoms with van der Waals surface area (Å²) in [4.78, 5) is 40.1. The minimum atomic E-state index is -0.873. The highest BCUT2D eigenvalue weighted by Gasteiger charge is 2.38. The highest BCUT2D eigenvalue weighted by atomic mass is 16.6. The molecular formula is C36H47N3O8. The normalized spacial score (nSPS) is 18.6. The lowest BCUT2D eigenvalue weighted by molar-refractivity contribution is -0.384. The molecule has 2 atom stereocenters. The number of para-hydroxylation sites is 2. The van der Waals surface area contributed by atoms with Gasteiger partial charge in [-0.25, -0.2) is 9.59 Å². The van der Waals surface area contributed by atoms with E-state index in [9.17, 15) is 19.7 Å². The molecular weight excluding hydrogens is 602 g/mol. The van der Waals surface area contributed by atoms with Crippen LogP contribution in [0.3, 0.4) is 0 Å². The van der Waals surface area contributed by atoms with Crippen molar-refractivity contribution in [1.82, 2.24) is 10.2 Å². The van der Waals surface area contributed by atoms with Crippen LogP contribution in [0.5, 0.6) is 11.5 Å². The van der Waals surface area contributed by atoms with Crippen molar-refractivity contribution in [2.45, 2.75) is 65.2 Å². The van der Waals surface area contributed by atoms with Crippen molar-refractivity contribution < 1.29 is 33.5 Å². The number of ether oxygens (including phenoxy) is 4. The summed E-state index contributed by atoms with van der Waals surface area (Å²) < 4.78 is 22.4. The zero-order chi connectivity index (χ0) is 33.8. The second-order valence-electron chi connectivity index (χ2n) is 12.0. The van der Waals surface area contributed by atoms with Gasteiger partial charge in [-0.3, -0.25) is 15.0 Å². The number of likely N-dealkylation sites (tertiary alicyclic amines) is 1. The van der Waals surface area contributed by atoms with Crippen LogP contribution in [0.2, 0.25) is 0 Å². The van der Waals surface area contributed by atoms with E-state index in [4.69, 9.17) is 18.9 Å². The number of allylic oxidation sites excluding steroid dienone is 2. The number of nitro groups is 1. The number of unbranched alkanes of at least 4 members (excludes halogenated alkanes) is 1. The first-order chi connectivity index (χ1) is 22.7. The van der Waals surface area contributed by atoms with Gasteiger partial charge in [-0.05, 0) is 89.6 Å². The van der Waals surface area contributed by atoms with Crippen LogP contribution >= 0.6 is 0 Å². The SMILES string of the molecule is CCOC(=O)C1=C(C)NC(C)=C(C(=O)OCCN2CCCC(CCCCOc3ccccc3OC)CC2)C1c1cccc([N+](=O)[O-])c1. The van der Waals surface area contributed by atoms with Crippen LogP contribution in [0, 0.1) is 16.0 Å². The average molecular weight is 650 g/mol. The predicted octanol–water partition coefficient (Wildman–Crippen LogP) is 6.30. The van der Waals surface area contributed by atoms with Crippen LogP contribution in [0.1, 0.15) is 70.8 Å². The Kier molecular flexibility index (Phi) is 13.2. The number of esters is 2. The first kappa shape index (κ1) is 35.5. The third-order valence-electron chi connectivity index (χ3n) is 8.80. The molecule has 0 aromatic heterocycles. The third-order valence-corrected chi connectivity index (χ3v) is 8.80. The lowest BCUT2D eigenvalue weighted by Gasteiger charge is -2.30. The first-order valence-corrected chi connectivity index (χ1v) is 16.5. The predicted molar refractivity (Wildman–Crippen MR) is 178 cm³/mol. The summed E-state index contributed by atoms with van der Waals surface area (Å²) in [7, 11) is 1.65. The maximum atomic E-state index is 13.6. The van der Waals surface area contributed by atoms with E-state index in [1.807, 2.05) is 24.3 Å². The smallest absolute Gasteiger partial charge is 0.336 e. The highest BCUT2D eigenvalue weighted by Crippen LogP contribution is 2.40. The molecule has 47 heavy (non-hydrogen) atoms. The van der Waals surface area contributed by atoms with Gasteiger partial charge in [0.05, 0.1) is 42.3 Å². The van der Waals surface area contributed by atoms with Gasteiger partial charge in [0, 0.05) is 30.1 Å². The molecule has 4 rings (SSSR count). The van der Waals surface area contributed by atoms with Gasteiger partial charge in [-0.2, -0.15) is 0 Å². The molecule has 2 unspecified atom stereocenters. The maximum Gasteiger partial charge on any atom is 0.336 e. The van der Waals surface area contributed by atoms with Gasteiger partial charge in [0.15, 0.2) is 11.5 Å². The molecule has 2 aromatic carbocycles. The van der Waals surface area contributed by atoms with Crippen LogP contribution in [-0.4, -0.2) is 68.3 Å². The van der Waals surface area contributed by atoms with Gasteiger partial charge < -0.3 is 24.3 Å². The van der Waals surface area contributed by atoms with Crippen LogP contribution in [0.15, 0.2) is 71.1 Å². The van der Waals surface area contributed by atoms with Crippen molar-refractivity contribution >= 4 is 17.6 Å². The number of hydrogen-bond donors (Lipinski definition) is 1. The summed E-state index contributed by atoms with van der Waals surface area (Å²) in [6.07, 6.45) is 6.61. The van der Waals surface area contributed by atoms with E-state index < -0.39 is 22.8 Å². The van der Waals surface area contributed by atoms with E-state index in [1.54, 1.807) is 40.0 Å². The molecule has 1 saturated heterocycles. The van der Waals surface area contributed by atoms with Crippen LogP contribution in [0.4, 0.5) is 5.69 Å². The fraction of sp³-hybridized carbons (Fsp3) is 0.500. The number of methoxy groups -OCH3 is 1. The Morgan fingerprint density at radius 2 is 1.66 bits per heavy atom. The summed E-state index contributed by atoms with van der Waals surface area (Å²) in [6, 6.07) is 13.7. The second-order valence-corrected chi connectivity index (χ2v) is 12.0. The quantitative estimate of drug-likeness (QED) is 0.102. The molecule has 2 aliphatic rings. The minimum Gasteiger partial charge on any atom is -0.493 e. The van der Waals surface area contributed by atoms with Crippen LogP contribution in [0.25, 0.3) is 0 Å². The topological polar surface area (TPSA) is 129 Å². The number of hydrogen-bond acceptors (Lipinski definition) is 10. The van der Waals surface area contributed by atoms with Gasteiger partial charge in [0.1, 0.15) is 6.61 Å². The number of non-ortho nitro benzene ring substituents is 1. The molecule has 1 fully saturated rings. The summed E-state index contributed by atoms with van der Waals surface area (Å²) in [5.74, 6) is 0.153. The Hall–Kier alpha value is -4.38. The van der Waals surface area contributed by atoms with Crippen molar-refractivity contribution in [2.24, 2.45) is 5.92 Å². The standard InChI is InChI=1S/C36H47N3O8/c1-5-45-35(40)32-25(2)37-26(3)33(34(32)28-14-10-15-29(24-28)39(42)43)36(41)47-23-21-38-19-11-13-27(18-20-38)12-8-9-22-46-31-17-7-6-16-30(31)44-4/h6-7,10,14-17,24,27,34,37H,5,8-9,11-13,18-23H2,1-4H3. The number of dihydropyridines is 1. The Morgan fingerprint density at radius 1 is 0.936 bits per heavy atom. The molecule has 0 bridgehead atoms. The van der Waals surface area contributed by atoms with Crippen LogP contribution in [-0.2, 0) is 19.1 Å². The third kappa shape index (κ3) is 9.57. The Labute approximate surface area is 277 Å². The largest absolute Gasteiger partial charge is 0.493 e. The Morgan fingerprint density at radius 3 is 2.36 bits per heavy atom. The number of carbonyl (C=O) groups excluding carboxylic acids is 2. The second kappa shape index (κ2) is 17.5. The van der Waals surface area contributed by atoms with E-state index in [-0.39, 0.29) is 30.0 Å². The minimum absolute atomic E-state index is 0.132. The molecule has 0 spiro atoms. The first-order valence-electron chi connectivity index (χ1n) is 16.5. The van der Waals surface area contributed by atoms with Crippen molar-refractivity contribution in [3.05, 3.63) is 86.7 Å². The molecule has 11 nitrogen and oxygen atoms in total. The number of nitrogens with zero attached hydrogens (tertiary/aromatic N) is 2. The molecule has 1 N–H and O–H groups in total. The van der Waals surface area contributed by atoms with Gasteiger partial charge >= 0.3 is 11.9 Å². The van der Waals surface area contributed by atoms with E-state index in [2.05, 4.69) is 10.2 Å². The molecule has 0 saturated carbocycles. The van der Waals surface area contributed by atoms with Gasteiger partial charge in [-0.15, -0.1) is 0 Å². The Balaban J connectivity index is 1.30. The zero-order valence-electron chi connectivity index (χ0n) is 27.9. The van der Waals surface area contributed by atoms with Gasteiger partial charge in [0.2, 0.25) is 0 Å². The highest BCUT2D eigenvalue weighted by molar-refractivity contribution is 6.00. The molecule has 2 aliphatic heterocycles. The summed E-state index contributed by atoms with van der Waals surface area (Å²) in [5, 5.41) is 14.7. The molecule has 0 amide bonds. The molecule has 0 radical (unpaired) electrons. The zero-order valence-corrected chi connectivity index (χ0v) is 27.9. The van der Waals surface area contributed by atoms with Crippen molar-refractivity contribution in [2.75, 3.05) is 46.6 Å². The number of benzene rings is 2. The molecule has 2 aromatic rings. The van der Waals surface area contributed by atoms with E-state index in [0.29, 0.717) is 36.0 Å². The monoisotopic (exact) mass is 649 g/mol. The number of rotatable bonds is 15. The average Bonchev–Trinajstić information content (AvgIpc) is 3.29. The lowest BCUT2D eigenvalue weighted by atomic mass is 9.80. The van der Waals surface area contributed by atoms with Crippen molar-refractivity contribution in [3.63, 3.8) is 0 Å². The number of carbonyl (C=O) groups is 2. The summed E-state index contributed by atoms with van der Waals surface area (Å²) in [5.41, 5.74) is 1.84. The van der Waals surface area contributed by atoms with E-state index in [0.717, 1.165) is 56.7 Å². The lowest BCUT2D eigenvalue weighted by Crippen LogP contribution is -2.34. The fourth-order valence-corrected chi connectivity index (χ4v) is 6.43. The number of nitrogens with one attached hydrogen (secondary N) is 1. The Bertz CT molecular complexity index is 1470. The van der Waals surface area contributed by atoms with Crippen LogP contribution < -0.4 is 14.8 Å². The maximum absolute atomic E-state index is 13.6. The molecule has 11 heteroatoms. The van der Waals surface area contributed by atoms with Gasteiger partial charge in [-0.1, -0.05) is 30.7 Å². The van der Waals surface area contributed by atoms with Gasteiger partial charge in [0.25, 0.3) is 5.69 Å². The fourth-order valence-electron chi connectivity index (χ4n) is 6.43. The summed E-state index contributed by atoms with van der Waals surface area (Å²) in [6.45, 7) is 8.66. The molecule has 254 valence electrons. The summed E-state index contributed by atoms with van der Waals surface area (Å²) >= 11 is 0. The van der Waals surface area contributed by atoms with E-state index in [1.165, 1.54) is 18.6 Å². The van der Waals surface area contributed by atoms with E-state index >= 15 is 0 Å². The van der Waals surface area contributed by atoms with Crippen molar-refractivity contribution in [1.29, 1.82) is 0 Å². The molecule has 0 aliphatic carbocycles. The molecule has 2 heterocycles. The van der Waals surface area contributed by atoms with Crippen molar-refractivity contribution in [3.8, 4) is 11.5 Å².